The lowest BCUT2D eigenvalue weighted by Gasteiger charge is -2.43. The molecule has 5 atom stereocenters. The number of hydrogen-bond donors (Lipinski definition) is 0. The third kappa shape index (κ3) is 8.11. The summed E-state index contributed by atoms with van der Waals surface area (Å²) in [5.74, 6) is -3.30. The highest BCUT2D eigenvalue weighted by Crippen LogP contribution is 2.31. The summed E-state index contributed by atoms with van der Waals surface area (Å²) >= 11 is 0. The van der Waals surface area contributed by atoms with Gasteiger partial charge in [0.1, 0.15) is 12.7 Å². The number of carbonyl (C=O) groups excluding carboxylic acids is 4. The molecule has 0 radical (unpaired) electrons. The van der Waals surface area contributed by atoms with E-state index in [1.807, 2.05) is 0 Å². The Bertz CT molecular complexity index is 974. The van der Waals surface area contributed by atoms with Gasteiger partial charge in [-0.1, -0.05) is 18.2 Å². The van der Waals surface area contributed by atoms with E-state index in [-0.39, 0.29) is 5.56 Å². The molecule has 0 aromatic heterocycles. The van der Waals surface area contributed by atoms with Gasteiger partial charge in [-0.25, -0.2) is 4.79 Å². The average Bonchev–Trinajstić information content (AvgIpc) is 2.70. The molecule has 1 aromatic carbocycles. The molecule has 182 valence electrons. The molecule has 1 aliphatic heterocycles. The molecule has 1 heterocycles. The summed E-state index contributed by atoms with van der Waals surface area (Å²) in [6.07, 6.45) is -7.11. The molecule has 2 rings (SSSR count). The quantitative estimate of drug-likeness (QED) is 0.281. The Kier molecular flexibility index (Phi) is 8.91. The fourth-order valence-corrected chi connectivity index (χ4v) is 3.62. The first-order valence-electron chi connectivity index (χ1n) is 9.65. The SMILES string of the molecule is CC(=O)OCC1O[C@H](OC(=O)c2ccccc2)[C@@H](OS(C)(=O)=O)[C@H](OC(C)=O)[C@@H]1OC(C)=O. The zero-order chi connectivity index (χ0) is 24.8. The van der Waals surface area contributed by atoms with Gasteiger partial charge in [0.2, 0.25) is 6.29 Å². The second-order valence-corrected chi connectivity index (χ2v) is 8.63. The van der Waals surface area contributed by atoms with Crippen LogP contribution in [0.2, 0.25) is 0 Å². The van der Waals surface area contributed by atoms with Crippen molar-refractivity contribution in [1.29, 1.82) is 0 Å². The molecule has 1 saturated heterocycles. The number of esters is 4. The van der Waals surface area contributed by atoms with Crippen molar-refractivity contribution in [3.63, 3.8) is 0 Å². The summed E-state index contributed by atoms with van der Waals surface area (Å²) < 4.78 is 55.1. The first-order valence-corrected chi connectivity index (χ1v) is 11.5. The smallest absolute Gasteiger partial charge is 0.340 e. The Labute approximate surface area is 190 Å². The number of ether oxygens (including phenoxy) is 5. The maximum Gasteiger partial charge on any atom is 0.340 e. The van der Waals surface area contributed by atoms with Crippen molar-refractivity contribution in [2.24, 2.45) is 0 Å². The molecule has 0 spiro atoms. The van der Waals surface area contributed by atoms with Gasteiger partial charge in [0.25, 0.3) is 10.1 Å². The largest absolute Gasteiger partial charge is 0.463 e. The number of rotatable bonds is 8. The van der Waals surface area contributed by atoms with E-state index >= 15 is 0 Å². The minimum atomic E-state index is -4.21. The van der Waals surface area contributed by atoms with Gasteiger partial charge in [-0.2, -0.15) is 8.42 Å². The van der Waals surface area contributed by atoms with Crippen LogP contribution < -0.4 is 0 Å². The van der Waals surface area contributed by atoms with Gasteiger partial charge >= 0.3 is 23.9 Å². The Balaban J connectivity index is 2.48. The normalized spacial score (nSPS) is 24.9. The Hall–Kier alpha value is -3.03. The van der Waals surface area contributed by atoms with Gasteiger partial charge in [0, 0.05) is 20.8 Å². The van der Waals surface area contributed by atoms with Crippen molar-refractivity contribution < 1.29 is 55.5 Å². The minimum absolute atomic E-state index is 0.113. The predicted molar refractivity (Wildman–Crippen MR) is 108 cm³/mol. The number of carbonyl (C=O) groups is 4. The monoisotopic (exact) mass is 488 g/mol. The van der Waals surface area contributed by atoms with Crippen LogP contribution in [0, 0.1) is 0 Å². The zero-order valence-electron chi connectivity index (χ0n) is 18.3. The molecule has 1 aromatic rings. The molecule has 33 heavy (non-hydrogen) atoms. The van der Waals surface area contributed by atoms with Crippen LogP contribution in [0.1, 0.15) is 31.1 Å². The van der Waals surface area contributed by atoms with Crippen LogP contribution in [0.3, 0.4) is 0 Å². The third-order valence-corrected chi connectivity index (χ3v) is 4.74. The highest BCUT2D eigenvalue weighted by molar-refractivity contribution is 7.86. The molecule has 0 N–H and O–H groups in total. The van der Waals surface area contributed by atoms with Crippen molar-refractivity contribution in [2.75, 3.05) is 12.9 Å². The lowest BCUT2D eigenvalue weighted by molar-refractivity contribution is -0.285. The van der Waals surface area contributed by atoms with E-state index in [4.69, 9.17) is 27.9 Å². The molecular weight excluding hydrogens is 464 g/mol. The van der Waals surface area contributed by atoms with Gasteiger partial charge < -0.3 is 23.7 Å². The van der Waals surface area contributed by atoms with Crippen molar-refractivity contribution in [3.8, 4) is 0 Å². The van der Waals surface area contributed by atoms with E-state index in [1.54, 1.807) is 18.2 Å². The Morgan fingerprint density at radius 1 is 0.848 bits per heavy atom. The van der Waals surface area contributed by atoms with E-state index in [9.17, 15) is 27.6 Å². The van der Waals surface area contributed by atoms with Gasteiger partial charge in [0.05, 0.1) is 11.8 Å². The topological polar surface area (TPSA) is 158 Å². The third-order valence-electron chi connectivity index (χ3n) is 4.16. The fourth-order valence-electron chi connectivity index (χ4n) is 3.02. The fraction of sp³-hybridized carbons (Fsp3) is 0.500. The predicted octanol–water partition coefficient (Wildman–Crippen LogP) is 0.340. The molecule has 13 heteroatoms. The summed E-state index contributed by atoms with van der Waals surface area (Å²) in [5, 5.41) is 0. The molecule has 0 saturated carbocycles. The first-order chi connectivity index (χ1) is 15.4. The maximum atomic E-state index is 12.6. The summed E-state index contributed by atoms with van der Waals surface area (Å²) in [6, 6.07) is 7.70. The molecular formula is C20H24O12S. The van der Waals surface area contributed by atoms with E-state index < -0.39 is 71.3 Å². The minimum Gasteiger partial charge on any atom is -0.463 e. The van der Waals surface area contributed by atoms with Crippen molar-refractivity contribution in [1.82, 2.24) is 0 Å². The highest BCUT2D eigenvalue weighted by Gasteiger charge is 2.54. The molecule has 0 aliphatic carbocycles. The molecule has 1 unspecified atom stereocenters. The standard InChI is InChI=1S/C20H24O12S/c1-11(21)27-10-15-16(28-12(2)22)17(29-13(3)23)18(32-33(4,25)26)20(30-15)31-19(24)14-8-6-5-7-9-14/h5-9,15-18,20H,10H2,1-4H3/t15?,16-,17-,18+,20-/m1/s1. The van der Waals surface area contributed by atoms with Crippen LogP contribution >= 0.6 is 0 Å². The van der Waals surface area contributed by atoms with Gasteiger partial charge in [-0.05, 0) is 12.1 Å². The van der Waals surface area contributed by atoms with Crippen molar-refractivity contribution in [3.05, 3.63) is 35.9 Å². The van der Waals surface area contributed by atoms with E-state index in [2.05, 4.69) is 0 Å². The summed E-state index contributed by atoms with van der Waals surface area (Å²) in [4.78, 5) is 47.4. The lowest BCUT2D eigenvalue weighted by atomic mass is 9.98. The molecule has 12 nitrogen and oxygen atoms in total. The van der Waals surface area contributed by atoms with Crippen LogP contribution in [0.4, 0.5) is 0 Å². The zero-order valence-corrected chi connectivity index (χ0v) is 19.1. The summed E-state index contributed by atoms with van der Waals surface area (Å²) in [5.41, 5.74) is 0.113. The first kappa shape index (κ1) is 26.2. The van der Waals surface area contributed by atoms with Crippen molar-refractivity contribution >= 4 is 34.0 Å². The van der Waals surface area contributed by atoms with Crippen LogP contribution in [0.25, 0.3) is 0 Å². The summed E-state index contributed by atoms with van der Waals surface area (Å²) in [6.45, 7) is 2.72. The second-order valence-electron chi connectivity index (χ2n) is 7.03. The van der Waals surface area contributed by atoms with Crippen LogP contribution in [0.5, 0.6) is 0 Å². The van der Waals surface area contributed by atoms with Gasteiger partial charge in [-0.15, -0.1) is 0 Å². The molecule has 1 aliphatic rings. The Morgan fingerprint density at radius 3 is 1.94 bits per heavy atom. The lowest BCUT2D eigenvalue weighted by Crippen LogP contribution is -2.63. The molecule has 0 amide bonds. The average molecular weight is 488 g/mol. The van der Waals surface area contributed by atoms with Crippen LogP contribution in [0.15, 0.2) is 30.3 Å². The molecule has 0 bridgehead atoms. The van der Waals surface area contributed by atoms with E-state index in [1.165, 1.54) is 12.1 Å². The summed E-state index contributed by atoms with van der Waals surface area (Å²) in [7, 11) is -4.21. The maximum absolute atomic E-state index is 12.6. The van der Waals surface area contributed by atoms with Crippen molar-refractivity contribution in [2.45, 2.75) is 51.5 Å². The molecule has 1 fully saturated rings. The highest BCUT2D eigenvalue weighted by atomic mass is 32.2. The van der Waals surface area contributed by atoms with E-state index in [0.29, 0.717) is 0 Å². The van der Waals surface area contributed by atoms with Gasteiger partial charge in [0.15, 0.2) is 18.3 Å². The van der Waals surface area contributed by atoms with Crippen LogP contribution in [-0.2, 0) is 52.4 Å². The van der Waals surface area contributed by atoms with Gasteiger partial charge in [-0.3, -0.25) is 18.6 Å². The van der Waals surface area contributed by atoms with Crippen LogP contribution in [-0.4, -0.2) is 75.9 Å². The second kappa shape index (κ2) is 11.2. The number of benzene rings is 1. The Morgan fingerprint density at radius 2 is 1.42 bits per heavy atom. The van der Waals surface area contributed by atoms with E-state index in [0.717, 1.165) is 27.0 Å². The number of hydrogen-bond acceptors (Lipinski definition) is 12.